The summed E-state index contributed by atoms with van der Waals surface area (Å²) >= 11 is 0. The minimum atomic E-state index is -0.787. The summed E-state index contributed by atoms with van der Waals surface area (Å²) in [7, 11) is 1.49. The van der Waals surface area contributed by atoms with Gasteiger partial charge in [0.1, 0.15) is 0 Å². The van der Waals surface area contributed by atoms with E-state index in [1.54, 1.807) is 13.8 Å². The second-order valence-electron chi connectivity index (χ2n) is 3.84. The molecule has 1 aromatic heterocycles. The number of pyridine rings is 1. The van der Waals surface area contributed by atoms with E-state index in [-0.39, 0.29) is 24.1 Å². The van der Waals surface area contributed by atoms with Gasteiger partial charge in [-0.25, -0.2) is 13.8 Å². The van der Waals surface area contributed by atoms with Gasteiger partial charge in [0.25, 0.3) is 0 Å². The van der Waals surface area contributed by atoms with Crippen molar-refractivity contribution >= 4 is 17.5 Å². The van der Waals surface area contributed by atoms with Crippen molar-refractivity contribution in [2.75, 3.05) is 36.9 Å². The highest BCUT2D eigenvalue weighted by molar-refractivity contribution is 5.80. The first kappa shape index (κ1) is 15.1. The molecular formula is C12H18F2N4O. The Labute approximate surface area is 111 Å². The van der Waals surface area contributed by atoms with Crippen LogP contribution in [0.1, 0.15) is 13.8 Å². The minimum absolute atomic E-state index is 0.0192. The van der Waals surface area contributed by atoms with Crippen molar-refractivity contribution in [1.29, 1.82) is 0 Å². The molecule has 0 spiro atoms. The van der Waals surface area contributed by atoms with Gasteiger partial charge < -0.3 is 15.5 Å². The normalized spacial score (nSPS) is 10.2. The van der Waals surface area contributed by atoms with Crippen LogP contribution in [0.15, 0.2) is 6.07 Å². The van der Waals surface area contributed by atoms with Gasteiger partial charge in [0.15, 0.2) is 23.3 Å². The summed E-state index contributed by atoms with van der Waals surface area (Å²) in [6.45, 7) is 4.37. The Morgan fingerprint density at radius 1 is 1.37 bits per heavy atom. The third-order valence-corrected chi connectivity index (χ3v) is 2.55. The maximum atomic E-state index is 13.8. The van der Waals surface area contributed by atoms with Gasteiger partial charge in [-0.1, -0.05) is 0 Å². The zero-order valence-electron chi connectivity index (χ0n) is 11.3. The molecule has 106 valence electrons. The molecule has 1 heterocycles. The molecule has 0 radical (unpaired) electrons. The molecule has 0 unspecified atom stereocenters. The van der Waals surface area contributed by atoms with Crippen LogP contribution >= 0.6 is 0 Å². The molecule has 0 bridgehead atoms. The van der Waals surface area contributed by atoms with Gasteiger partial charge in [0.2, 0.25) is 5.91 Å². The maximum absolute atomic E-state index is 13.8. The van der Waals surface area contributed by atoms with E-state index < -0.39 is 11.6 Å². The van der Waals surface area contributed by atoms with E-state index in [2.05, 4.69) is 15.6 Å². The van der Waals surface area contributed by atoms with Crippen molar-refractivity contribution in [3.05, 3.63) is 17.7 Å². The van der Waals surface area contributed by atoms with Crippen LogP contribution in [-0.2, 0) is 4.79 Å². The highest BCUT2D eigenvalue weighted by Crippen LogP contribution is 2.22. The van der Waals surface area contributed by atoms with Gasteiger partial charge in [-0.15, -0.1) is 0 Å². The molecule has 0 aromatic carbocycles. The average Bonchev–Trinajstić information content (AvgIpc) is 2.39. The first-order valence-corrected chi connectivity index (χ1v) is 6.08. The highest BCUT2D eigenvalue weighted by Gasteiger charge is 2.18. The van der Waals surface area contributed by atoms with E-state index in [0.717, 1.165) is 6.07 Å². The van der Waals surface area contributed by atoms with Crippen LogP contribution < -0.4 is 15.5 Å². The van der Waals surface area contributed by atoms with E-state index in [0.29, 0.717) is 13.1 Å². The number of aromatic nitrogens is 1. The van der Waals surface area contributed by atoms with Gasteiger partial charge in [0.05, 0.1) is 6.54 Å². The maximum Gasteiger partial charge on any atom is 0.239 e. The van der Waals surface area contributed by atoms with E-state index >= 15 is 0 Å². The quantitative estimate of drug-likeness (QED) is 0.821. The minimum Gasteiger partial charge on any atom is -0.368 e. The Hall–Kier alpha value is -1.92. The Bertz CT molecular complexity index is 454. The fourth-order valence-electron chi connectivity index (χ4n) is 1.56. The Kier molecular flexibility index (Phi) is 5.47. The molecule has 0 atom stereocenters. The van der Waals surface area contributed by atoms with E-state index in [1.165, 1.54) is 11.9 Å². The molecule has 7 heteroatoms. The zero-order valence-corrected chi connectivity index (χ0v) is 11.3. The molecule has 1 amide bonds. The van der Waals surface area contributed by atoms with Crippen LogP contribution in [0, 0.1) is 11.6 Å². The van der Waals surface area contributed by atoms with Gasteiger partial charge >= 0.3 is 0 Å². The predicted molar refractivity (Wildman–Crippen MR) is 70.3 cm³/mol. The van der Waals surface area contributed by atoms with Gasteiger partial charge in [-0.3, -0.25) is 4.79 Å². The van der Waals surface area contributed by atoms with Crippen LogP contribution in [0.2, 0.25) is 0 Å². The van der Waals surface area contributed by atoms with Gasteiger partial charge in [-0.2, -0.15) is 0 Å². The number of likely N-dealkylation sites (N-methyl/N-ethyl adjacent to an activating group) is 2. The number of carbonyl (C=O) groups excluding carboxylic acids is 1. The summed E-state index contributed by atoms with van der Waals surface area (Å²) in [6, 6.07) is 0.771. The molecule has 19 heavy (non-hydrogen) atoms. The highest BCUT2D eigenvalue weighted by atomic mass is 19.1. The number of hydrogen-bond acceptors (Lipinski definition) is 4. The third kappa shape index (κ3) is 3.77. The molecular weight excluding hydrogens is 254 g/mol. The fraction of sp³-hybridized carbons (Fsp3) is 0.500. The van der Waals surface area contributed by atoms with Gasteiger partial charge in [-0.05, 0) is 13.8 Å². The number of halogens is 2. The molecule has 1 aromatic rings. The summed E-state index contributed by atoms with van der Waals surface area (Å²) in [5.74, 6) is -1.86. The number of nitrogens with zero attached hydrogens (tertiary/aromatic N) is 2. The molecule has 2 N–H and O–H groups in total. The summed E-state index contributed by atoms with van der Waals surface area (Å²) < 4.78 is 27.2. The second kappa shape index (κ2) is 6.86. The SMILES string of the molecule is CCNc1nc(N(CC)CC(=O)NC)c(F)cc1F. The van der Waals surface area contributed by atoms with Crippen LogP contribution in [-0.4, -0.2) is 37.6 Å². The van der Waals surface area contributed by atoms with Crippen molar-refractivity contribution in [2.24, 2.45) is 0 Å². The first-order chi connectivity index (χ1) is 9.03. The summed E-state index contributed by atoms with van der Waals surface area (Å²) in [5.41, 5.74) is 0. The lowest BCUT2D eigenvalue weighted by molar-refractivity contribution is -0.119. The number of anilines is 2. The van der Waals surface area contributed by atoms with E-state index in [1.807, 2.05) is 0 Å². The monoisotopic (exact) mass is 272 g/mol. The Balaban J connectivity index is 3.08. The summed E-state index contributed by atoms with van der Waals surface area (Å²) in [6.07, 6.45) is 0. The van der Waals surface area contributed by atoms with Crippen LogP contribution in [0.3, 0.4) is 0 Å². The first-order valence-electron chi connectivity index (χ1n) is 6.08. The van der Waals surface area contributed by atoms with Gasteiger partial charge in [0, 0.05) is 26.2 Å². The van der Waals surface area contributed by atoms with Crippen molar-refractivity contribution in [3.63, 3.8) is 0 Å². The lowest BCUT2D eigenvalue weighted by Gasteiger charge is -2.22. The largest absolute Gasteiger partial charge is 0.368 e. The fourth-order valence-corrected chi connectivity index (χ4v) is 1.56. The zero-order chi connectivity index (χ0) is 14.4. The standard InChI is InChI=1S/C12H18F2N4O/c1-4-16-11-8(13)6-9(14)12(17-11)18(5-2)7-10(19)15-3/h6H,4-5,7H2,1-3H3,(H,15,19)(H,16,17). The molecule has 0 saturated heterocycles. The van der Waals surface area contributed by atoms with E-state index in [4.69, 9.17) is 0 Å². The van der Waals surface area contributed by atoms with Crippen molar-refractivity contribution < 1.29 is 13.6 Å². The van der Waals surface area contributed by atoms with Crippen molar-refractivity contribution in [3.8, 4) is 0 Å². The molecule has 0 aliphatic rings. The van der Waals surface area contributed by atoms with Crippen molar-refractivity contribution in [2.45, 2.75) is 13.8 Å². The van der Waals surface area contributed by atoms with E-state index in [9.17, 15) is 13.6 Å². The number of hydrogen-bond donors (Lipinski definition) is 2. The molecule has 0 aliphatic heterocycles. The second-order valence-corrected chi connectivity index (χ2v) is 3.84. The number of rotatable bonds is 6. The Morgan fingerprint density at radius 2 is 2.05 bits per heavy atom. The number of amides is 1. The van der Waals surface area contributed by atoms with Crippen LogP contribution in [0.5, 0.6) is 0 Å². The lowest BCUT2D eigenvalue weighted by Crippen LogP contribution is -2.36. The topological polar surface area (TPSA) is 57.3 Å². The Morgan fingerprint density at radius 3 is 2.58 bits per heavy atom. The smallest absolute Gasteiger partial charge is 0.239 e. The molecule has 5 nitrogen and oxygen atoms in total. The summed E-state index contributed by atoms with van der Waals surface area (Å²) in [4.78, 5) is 16.7. The predicted octanol–water partition coefficient (Wildman–Crippen LogP) is 1.36. The molecule has 0 aliphatic carbocycles. The van der Waals surface area contributed by atoms with Crippen LogP contribution in [0.25, 0.3) is 0 Å². The molecule has 1 rings (SSSR count). The summed E-state index contributed by atoms with van der Waals surface area (Å²) in [5, 5.41) is 5.16. The third-order valence-electron chi connectivity index (χ3n) is 2.55. The number of nitrogens with one attached hydrogen (secondary N) is 2. The average molecular weight is 272 g/mol. The number of carbonyl (C=O) groups is 1. The molecule has 0 fully saturated rings. The van der Waals surface area contributed by atoms with Crippen molar-refractivity contribution in [1.82, 2.24) is 10.3 Å². The molecule has 0 saturated carbocycles. The lowest BCUT2D eigenvalue weighted by atomic mass is 10.3. The van der Waals surface area contributed by atoms with Crippen LogP contribution in [0.4, 0.5) is 20.4 Å².